The number of hydrogen-bond acceptors (Lipinski definition) is 3. The van der Waals surface area contributed by atoms with Gasteiger partial charge in [0.25, 0.3) is 0 Å². The fourth-order valence-corrected chi connectivity index (χ4v) is 2.17. The van der Waals surface area contributed by atoms with Crippen molar-refractivity contribution in [3.8, 4) is 0 Å². The lowest BCUT2D eigenvalue weighted by atomic mass is 9.94. The van der Waals surface area contributed by atoms with Crippen molar-refractivity contribution in [2.45, 2.75) is 64.2 Å². The van der Waals surface area contributed by atoms with Crippen LogP contribution in [0, 0.1) is 0 Å². The van der Waals surface area contributed by atoms with Gasteiger partial charge >= 0.3 is 12.1 Å². The van der Waals surface area contributed by atoms with Gasteiger partial charge in [0.05, 0.1) is 6.42 Å². The second-order valence-corrected chi connectivity index (χ2v) is 6.06. The van der Waals surface area contributed by atoms with Gasteiger partial charge in [0.15, 0.2) is 0 Å². The molecule has 0 aromatic rings. The number of hydrogen-bond donors (Lipinski definition) is 2. The number of carbonyl (C=O) groups is 1. The molecule has 0 rings (SSSR count). The Morgan fingerprint density at radius 3 is 2.19 bits per heavy atom. The van der Waals surface area contributed by atoms with Crippen molar-refractivity contribution >= 4 is 5.97 Å². The molecular weight excluding hydrogens is 285 g/mol. The number of aliphatic carboxylic acids is 1. The van der Waals surface area contributed by atoms with Crippen molar-refractivity contribution in [2.75, 3.05) is 20.1 Å². The first kappa shape index (κ1) is 20.2. The Balaban J connectivity index is 4.03. The predicted octanol–water partition coefficient (Wildman–Crippen LogP) is 2.88. The third kappa shape index (κ3) is 9.68. The third-order valence-corrected chi connectivity index (χ3v) is 3.32. The zero-order valence-electron chi connectivity index (χ0n) is 13.3. The molecule has 0 aromatic carbocycles. The smallest absolute Gasteiger partial charge is 0.390 e. The van der Waals surface area contributed by atoms with E-state index in [2.05, 4.69) is 5.32 Å². The maximum absolute atomic E-state index is 12.1. The molecule has 7 heteroatoms. The van der Waals surface area contributed by atoms with E-state index >= 15 is 0 Å². The van der Waals surface area contributed by atoms with E-state index in [0.717, 1.165) is 0 Å². The maximum Gasteiger partial charge on any atom is 0.390 e. The van der Waals surface area contributed by atoms with Gasteiger partial charge in [0.2, 0.25) is 0 Å². The number of rotatable bonds is 10. The number of halogens is 3. The van der Waals surface area contributed by atoms with Crippen LogP contribution in [0.25, 0.3) is 0 Å². The number of carboxylic acids is 1. The highest BCUT2D eigenvalue weighted by molar-refractivity contribution is 5.78. The zero-order chi connectivity index (χ0) is 16.7. The molecule has 1 unspecified atom stereocenters. The molecule has 0 bridgehead atoms. The lowest BCUT2D eigenvalue weighted by Gasteiger charge is -2.29. The number of nitrogens with zero attached hydrogens (tertiary/aromatic N) is 1. The average molecular weight is 312 g/mol. The molecule has 126 valence electrons. The molecule has 0 spiro atoms. The summed E-state index contributed by atoms with van der Waals surface area (Å²) in [6.45, 7) is 5.91. The normalized spacial score (nSPS) is 15.5. The van der Waals surface area contributed by atoms with Crippen molar-refractivity contribution in [3.05, 3.63) is 0 Å². The van der Waals surface area contributed by atoms with E-state index in [9.17, 15) is 23.1 Å². The summed E-state index contributed by atoms with van der Waals surface area (Å²) >= 11 is 0. The quantitative estimate of drug-likeness (QED) is 0.609. The Kier molecular flexibility index (Phi) is 8.25. The molecule has 0 aliphatic rings. The summed E-state index contributed by atoms with van der Waals surface area (Å²) in [7, 11) is 1.65. The summed E-state index contributed by atoms with van der Waals surface area (Å²) < 4.78 is 36.2. The number of nitrogens with one attached hydrogen (secondary N) is 1. The van der Waals surface area contributed by atoms with Crippen LogP contribution in [-0.4, -0.2) is 53.9 Å². The van der Waals surface area contributed by atoms with E-state index in [0.29, 0.717) is 25.8 Å². The number of unbranched alkanes of at least 4 members (excludes halogenated alkanes) is 1. The first-order valence-corrected chi connectivity index (χ1v) is 7.22. The molecule has 0 fully saturated rings. The number of carboxylic acid groups (broad SMARTS) is 1. The molecule has 2 N–H and O–H groups in total. The average Bonchev–Trinajstić information content (AvgIpc) is 2.30. The van der Waals surface area contributed by atoms with Crippen LogP contribution in [0.1, 0.15) is 46.5 Å². The molecule has 0 aromatic heterocycles. The molecule has 0 amide bonds. The standard InChI is InChI=1S/C14H27F3N2O2/c1-11(2)18-13(3,12(20)21)7-5-6-9-19(4)10-8-14(15,16)17/h11,18H,5-10H2,1-4H3,(H,20,21). The Hall–Kier alpha value is -0.820. The Morgan fingerprint density at radius 2 is 1.76 bits per heavy atom. The zero-order valence-corrected chi connectivity index (χ0v) is 13.3. The molecule has 0 heterocycles. The monoisotopic (exact) mass is 312 g/mol. The van der Waals surface area contributed by atoms with E-state index in [-0.39, 0.29) is 12.6 Å². The summed E-state index contributed by atoms with van der Waals surface area (Å²) in [5.41, 5.74) is -0.987. The highest BCUT2D eigenvalue weighted by Gasteiger charge is 2.32. The largest absolute Gasteiger partial charge is 0.480 e. The van der Waals surface area contributed by atoms with Crippen LogP contribution in [0.2, 0.25) is 0 Å². The molecule has 0 aliphatic carbocycles. The third-order valence-electron chi connectivity index (χ3n) is 3.32. The predicted molar refractivity (Wildman–Crippen MR) is 76.3 cm³/mol. The Bertz CT molecular complexity index is 322. The molecule has 0 saturated carbocycles. The summed E-state index contributed by atoms with van der Waals surface area (Å²) in [5, 5.41) is 12.3. The van der Waals surface area contributed by atoms with Crippen LogP contribution in [0.3, 0.4) is 0 Å². The van der Waals surface area contributed by atoms with Crippen molar-refractivity contribution in [2.24, 2.45) is 0 Å². The van der Waals surface area contributed by atoms with Crippen molar-refractivity contribution in [1.29, 1.82) is 0 Å². The minimum Gasteiger partial charge on any atom is -0.480 e. The number of alkyl halides is 3. The second-order valence-electron chi connectivity index (χ2n) is 6.06. The van der Waals surface area contributed by atoms with Gasteiger partial charge in [-0.2, -0.15) is 13.2 Å². The minimum absolute atomic E-state index is 0.0239. The Labute approximate surface area is 124 Å². The van der Waals surface area contributed by atoms with Gasteiger partial charge in [-0.3, -0.25) is 10.1 Å². The molecule has 21 heavy (non-hydrogen) atoms. The van der Waals surface area contributed by atoms with Crippen LogP contribution in [-0.2, 0) is 4.79 Å². The fourth-order valence-electron chi connectivity index (χ4n) is 2.17. The second kappa shape index (κ2) is 8.58. The summed E-state index contributed by atoms with van der Waals surface area (Å²) in [5.74, 6) is -0.901. The first-order valence-electron chi connectivity index (χ1n) is 7.22. The first-order chi connectivity index (χ1) is 9.46. The summed E-state index contributed by atoms with van der Waals surface area (Å²) in [4.78, 5) is 12.9. The lowest BCUT2D eigenvalue weighted by Crippen LogP contribution is -2.52. The molecule has 0 aliphatic heterocycles. The van der Waals surface area contributed by atoms with Crippen LogP contribution in [0.4, 0.5) is 13.2 Å². The highest BCUT2D eigenvalue weighted by atomic mass is 19.4. The minimum atomic E-state index is -4.13. The van der Waals surface area contributed by atoms with Gasteiger partial charge < -0.3 is 10.0 Å². The van der Waals surface area contributed by atoms with E-state index < -0.39 is 24.1 Å². The lowest BCUT2D eigenvalue weighted by molar-refractivity contribution is -0.145. The summed E-state index contributed by atoms with van der Waals surface area (Å²) in [6, 6.07) is 0.0561. The SMILES string of the molecule is CC(C)NC(C)(CCCCN(C)CCC(F)(F)F)C(=O)O. The van der Waals surface area contributed by atoms with Gasteiger partial charge in [-0.15, -0.1) is 0 Å². The van der Waals surface area contributed by atoms with E-state index in [1.807, 2.05) is 13.8 Å². The van der Waals surface area contributed by atoms with Gasteiger partial charge in [0.1, 0.15) is 5.54 Å². The molecule has 0 saturated heterocycles. The summed E-state index contributed by atoms with van der Waals surface area (Å²) in [6.07, 6.45) is -3.16. The maximum atomic E-state index is 12.1. The Morgan fingerprint density at radius 1 is 1.19 bits per heavy atom. The topological polar surface area (TPSA) is 52.6 Å². The van der Waals surface area contributed by atoms with Crippen LogP contribution >= 0.6 is 0 Å². The fraction of sp³-hybridized carbons (Fsp3) is 0.929. The highest BCUT2D eigenvalue weighted by Crippen LogP contribution is 2.20. The van der Waals surface area contributed by atoms with Crippen LogP contribution in [0.5, 0.6) is 0 Å². The van der Waals surface area contributed by atoms with Gasteiger partial charge in [-0.05, 0) is 53.6 Å². The molecule has 1 atom stereocenters. The van der Waals surface area contributed by atoms with E-state index in [4.69, 9.17) is 0 Å². The van der Waals surface area contributed by atoms with Crippen molar-refractivity contribution < 1.29 is 23.1 Å². The van der Waals surface area contributed by atoms with Crippen molar-refractivity contribution in [3.63, 3.8) is 0 Å². The van der Waals surface area contributed by atoms with Gasteiger partial charge in [-0.25, -0.2) is 0 Å². The van der Waals surface area contributed by atoms with E-state index in [1.165, 1.54) is 0 Å². The van der Waals surface area contributed by atoms with Gasteiger partial charge in [-0.1, -0.05) is 0 Å². The molecule has 0 radical (unpaired) electrons. The van der Waals surface area contributed by atoms with Crippen LogP contribution < -0.4 is 5.32 Å². The molecular formula is C14H27F3N2O2. The van der Waals surface area contributed by atoms with Crippen molar-refractivity contribution in [1.82, 2.24) is 10.2 Å². The van der Waals surface area contributed by atoms with E-state index in [1.54, 1.807) is 18.9 Å². The van der Waals surface area contributed by atoms with Gasteiger partial charge in [0, 0.05) is 12.6 Å². The van der Waals surface area contributed by atoms with Crippen LogP contribution in [0.15, 0.2) is 0 Å². The molecule has 4 nitrogen and oxygen atoms in total.